The molecule has 0 saturated carbocycles. The van der Waals surface area contributed by atoms with Crippen LogP contribution in [0.4, 0.5) is 0 Å². The SMILES string of the molecule is COc1ccccc1OCC(=O)N1CC(O)C1. The third-order valence-corrected chi connectivity index (χ3v) is 2.64. The van der Waals surface area contributed by atoms with E-state index in [0.29, 0.717) is 24.6 Å². The lowest BCUT2D eigenvalue weighted by atomic mass is 10.2. The lowest BCUT2D eigenvalue weighted by Crippen LogP contribution is -2.54. The largest absolute Gasteiger partial charge is 0.493 e. The predicted molar refractivity (Wildman–Crippen MR) is 61.1 cm³/mol. The number of hydrogen-bond donors (Lipinski definition) is 1. The number of methoxy groups -OCH3 is 1. The van der Waals surface area contributed by atoms with Gasteiger partial charge in [0.2, 0.25) is 0 Å². The number of ether oxygens (including phenoxy) is 2. The number of benzene rings is 1. The molecule has 1 amide bonds. The summed E-state index contributed by atoms with van der Waals surface area (Å²) in [5, 5.41) is 9.08. The van der Waals surface area contributed by atoms with Crippen LogP contribution in [0.3, 0.4) is 0 Å². The summed E-state index contributed by atoms with van der Waals surface area (Å²) < 4.78 is 10.5. The molecule has 1 aromatic rings. The fraction of sp³-hybridized carbons (Fsp3) is 0.417. The summed E-state index contributed by atoms with van der Waals surface area (Å²) in [5.74, 6) is 1.02. The maximum Gasteiger partial charge on any atom is 0.260 e. The van der Waals surface area contributed by atoms with Gasteiger partial charge in [-0.2, -0.15) is 0 Å². The van der Waals surface area contributed by atoms with Gasteiger partial charge in [-0.1, -0.05) is 12.1 Å². The molecule has 5 heteroatoms. The lowest BCUT2D eigenvalue weighted by Gasteiger charge is -2.35. The average molecular weight is 237 g/mol. The number of hydrogen-bond acceptors (Lipinski definition) is 4. The summed E-state index contributed by atoms with van der Waals surface area (Å²) in [7, 11) is 1.55. The first kappa shape index (κ1) is 11.7. The second-order valence-electron chi connectivity index (χ2n) is 3.89. The zero-order valence-corrected chi connectivity index (χ0v) is 9.63. The molecular formula is C12H15NO4. The Bertz CT molecular complexity index is 401. The van der Waals surface area contributed by atoms with Crippen molar-refractivity contribution in [1.82, 2.24) is 4.90 Å². The van der Waals surface area contributed by atoms with Gasteiger partial charge in [-0.3, -0.25) is 4.79 Å². The monoisotopic (exact) mass is 237 g/mol. The molecule has 1 aromatic carbocycles. The summed E-state index contributed by atoms with van der Waals surface area (Å²) in [6.45, 7) is 0.759. The highest BCUT2D eigenvalue weighted by atomic mass is 16.5. The average Bonchev–Trinajstić information content (AvgIpc) is 2.32. The quantitative estimate of drug-likeness (QED) is 0.817. The van der Waals surface area contributed by atoms with Gasteiger partial charge >= 0.3 is 0 Å². The highest BCUT2D eigenvalue weighted by molar-refractivity contribution is 5.78. The minimum Gasteiger partial charge on any atom is -0.493 e. The van der Waals surface area contributed by atoms with Crippen molar-refractivity contribution in [2.24, 2.45) is 0 Å². The first-order valence-electron chi connectivity index (χ1n) is 5.42. The van der Waals surface area contributed by atoms with Gasteiger partial charge in [0.15, 0.2) is 18.1 Å². The number of carbonyl (C=O) groups is 1. The molecule has 1 saturated heterocycles. The summed E-state index contributed by atoms with van der Waals surface area (Å²) in [4.78, 5) is 13.1. The predicted octanol–water partition coefficient (Wildman–Crippen LogP) is 0.277. The Labute approximate surface area is 99.6 Å². The van der Waals surface area contributed by atoms with E-state index in [9.17, 15) is 4.79 Å². The van der Waals surface area contributed by atoms with Gasteiger partial charge in [-0.15, -0.1) is 0 Å². The Hall–Kier alpha value is -1.75. The molecule has 0 unspecified atom stereocenters. The Morgan fingerprint density at radius 3 is 2.65 bits per heavy atom. The summed E-state index contributed by atoms with van der Waals surface area (Å²) in [5.41, 5.74) is 0. The Kier molecular flexibility index (Phi) is 3.49. The minimum atomic E-state index is -0.384. The Balaban J connectivity index is 1.87. The lowest BCUT2D eigenvalue weighted by molar-refractivity contribution is -0.143. The molecule has 0 atom stereocenters. The number of aliphatic hydroxyl groups excluding tert-OH is 1. The normalized spacial score (nSPS) is 15.3. The number of para-hydroxylation sites is 2. The first-order valence-corrected chi connectivity index (χ1v) is 5.42. The second kappa shape index (κ2) is 5.05. The van der Waals surface area contributed by atoms with Crippen molar-refractivity contribution >= 4 is 5.91 Å². The van der Waals surface area contributed by atoms with E-state index in [1.807, 2.05) is 12.1 Å². The van der Waals surface area contributed by atoms with Crippen LogP contribution in [0.2, 0.25) is 0 Å². The highest BCUT2D eigenvalue weighted by Gasteiger charge is 2.28. The molecule has 1 N–H and O–H groups in total. The Morgan fingerprint density at radius 1 is 1.41 bits per heavy atom. The molecule has 1 heterocycles. The van der Waals surface area contributed by atoms with Crippen molar-refractivity contribution in [1.29, 1.82) is 0 Å². The number of rotatable bonds is 4. The number of β-amino-alcohol motifs (C(OH)–C–C–N with tert-alkyl or cyclic N) is 1. The van der Waals surface area contributed by atoms with Crippen molar-refractivity contribution < 1.29 is 19.4 Å². The van der Waals surface area contributed by atoms with Gasteiger partial charge in [0.1, 0.15) is 0 Å². The summed E-state index contributed by atoms with van der Waals surface area (Å²) in [6.07, 6.45) is -0.384. The van der Waals surface area contributed by atoms with E-state index in [1.54, 1.807) is 24.1 Å². The number of likely N-dealkylation sites (tertiary alicyclic amines) is 1. The Morgan fingerprint density at radius 2 is 2.06 bits per heavy atom. The van der Waals surface area contributed by atoms with E-state index < -0.39 is 0 Å². The number of carbonyl (C=O) groups excluding carboxylic acids is 1. The zero-order chi connectivity index (χ0) is 12.3. The smallest absolute Gasteiger partial charge is 0.260 e. The molecule has 17 heavy (non-hydrogen) atoms. The van der Waals surface area contributed by atoms with Crippen molar-refractivity contribution in [3.63, 3.8) is 0 Å². The van der Waals surface area contributed by atoms with Crippen LogP contribution >= 0.6 is 0 Å². The van der Waals surface area contributed by atoms with E-state index >= 15 is 0 Å². The maximum atomic E-state index is 11.6. The molecule has 0 aliphatic carbocycles. The third-order valence-electron chi connectivity index (χ3n) is 2.64. The fourth-order valence-electron chi connectivity index (χ4n) is 1.63. The van der Waals surface area contributed by atoms with E-state index in [1.165, 1.54) is 0 Å². The van der Waals surface area contributed by atoms with Crippen molar-refractivity contribution in [2.45, 2.75) is 6.10 Å². The van der Waals surface area contributed by atoms with Crippen LogP contribution in [0.15, 0.2) is 24.3 Å². The van der Waals surface area contributed by atoms with Crippen LogP contribution in [0, 0.1) is 0 Å². The van der Waals surface area contributed by atoms with Gasteiger partial charge in [0, 0.05) is 13.1 Å². The molecular weight excluding hydrogens is 222 g/mol. The molecule has 0 bridgehead atoms. The van der Waals surface area contributed by atoms with Gasteiger partial charge in [-0.25, -0.2) is 0 Å². The van der Waals surface area contributed by atoms with Gasteiger partial charge in [-0.05, 0) is 12.1 Å². The maximum absolute atomic E-state index is 11.6. The van der Waals surface area contributed by atoms with Crippen molar-refractivity contribution in [3.8, 4) is 11.5 Å². The molecule has 5 nitrogen and oxygen atoms in total. The van der Waals surface area contributed by atoms with E-state index in [0.717, 1.165) is 0 Å². The van der Waals surface area contributed by atoms with Crippen LogP contribution in [0.1, 0.15) is 0 Å². The van der Waals surface area contributed by atoms with E-state index in [4.69, 9.17) is 14.6 Å². The van der Waals surface area contributed by atoms with Crippen LogP contribution in [-0.4, -0.2) is 48.8 Å². The molecule has 0 spiro atoms. The number of nitrogens with zero attached hydrogens (tertiary/aromatic N) is 1. The first-order chi connectivity index (χ1) is 8.20. The highest BCUT2D eigenvalue weighted by Crippen LogP contribution is 2.25. The summed E-state index contributed by atoms with van der Waals surface area (Å²) >= 11 is 0. The molecule has 2 rings (SSSR count). The van der Waals surface area contributed by atoms with Gasteiger partial charge in [0.05, 0.1) is 13.2 Å². The van der Waals surface area contributed by atoms with E-state index in [-0.39, 0.29) is 18.6 Å². The zero-order valence-electron chi connectivity index (χ0n) is 9.63. The van der Waals surface area contributed by atoms with Crippen LogP contribution in [0.5, 0.6) is 11.5 Å². The van der Waals surface area contributed by atoms with Gasteiger partial charge in [0.25, 0.3) is 5.91 Å². The molecule has 92 valence electrons. The molecule has 1 fully saturated rings. The standard InChI is InChI=1S/C12H15NO4/c1-16-10-4-2-3-5-11(10)17-8-12(15)13-6-9(14)7-13/h2-5,9,14H,6-8H2,1H3. The molecule has 1 aliphatic rings. The summed E-state index contributed by atoms with van der Waals surface area (Å²) in [6, 6.07) is 7.17. The topological polar surface area (TPSA) is 59.0 Å². The fourth-order valence-corrected chi connectivity index (χ4v) is 1.63. The van der Waals surface area contributed by atoms with Crippen molar-refractivity contribution in [2.75, 3.05) is 26.8 Å². The molecule has 0 aromatic heterocycles. The van der Waals surface area contributed by atoms with Gasteiger partial charge < -0.3 is 19.5 Å². The van der Waals surface area contributed by atoms with Crippen LogP contribution in [-0.2, 0) is 4.79 Å². The van der Waals surface area contributed by atoms with Crippen LogP contribution in [0.25, 0.3) is 0 Å². The second-order valence-corrected chi connectivity index (χ2v) is 3.89. The number of aliphatic hydroxyl groups is 1. The molecule has 1 aliphatic heterocycles. The van der Waals surface area contributed by atoms with Crippen LogP contribution < -0.4 is 9.47 Å². The molecule has 0 radical (unpaired) electrons. The number of amides is 1. The van der Waals surface area contributed by atoms with Crippen molar-refractivity contribution in [3.05, 3.63) is 24.3 Å². The minimum absolute atomic E-state index is 0.0346. The van der Waals surface area contributed by atoms with E-state index in [2.05, 4.69) is 0 Å². The third kappa shape index (κ3) is 2.68.